The summed E-state index contributed by atoms with van der Waals surface area (Å²) in [6.07, 6.45) is 1.18. The third-order valence-corrected chi connectivity index (χ3v) is 3.07. The minimum Gasteiger partial charge on any atom is -0.380 e. The summed E-state index contributed by atoms with van der Waals surface area (Å²) in [5.41, 5.74) is 2.49. The topological polar surface area (TPSA) is 63.2 Å². The molecule has 0 saturated carbocycles. The summed E-state index contributed by atoms with van der Waals surface area (Å²) in [7, 11) is 1.53. The van der Waals surface area contributed by atoms with Crippen molar-refractivity contribution in [1.29, 1.82) is 0 Å². The monoisotopic (exact) mass is 243 g/mol. The average molecular weight is 243 g/mol. The molecule has 0 aliphatic carbocycles. The van der Waals surface area contributed by atoms with Gasteiger partial charge in [0.15, 0.2) is 6.10 Å². The Kier molecular flexibility index (Phi) is 2.60. The number of benzene rings is 1. The maximum absolute atomic E-state index is 11.8. The van der Waals surface area contributed by atoms with Gasteiger partial charge in [-0.05, 0) is 6.07 Å². The van der Waals surface area contributed by atoms with Crippen molar-refractivity contribution in [1.82, 2.24) is 4.98 Å². The van der Waals surface area contributed by atoms with E-state index in [-0.39, 0.29) is 5.91 Å². The molecule has 0 saturated heterocycles. The van der Waals surface area contributed by atoms with E-state index in [1.807, 2.05) is 24.3 Å². The Bertz CT molecular complexity index is 612. The normalized spacial score (nSPS) is 18.7. The largest absolute Gasteiger partial charge is 0.380 e. The van der Waals surface area contributed by atoms with Gasteiger partial charge in [-0.1, -0.05) is 18.2 Å². The first-order valence-corrected chi connectivity index (χ1v) is 5.75. The average Bonchev–Trinajstić information content (AvgIpc) is 2.57. The summed E-state index contributed by atoms with van der Waals surface area (Å²) >= 11 is 0. The zero-order chi connectivity index (χ0) is 12.5. The highest BCUT2D eigenvalue weighted by Crippen LogP contribution is 2.31. The molecule has 1 aromatic heterocycles. The first-order chi connectivity index (χ1) is 8.79. The van der Waals surface area contributed by atoms with Crippen LogP contribution in [0.3, 0.4) is 0 Å². The maximum atomic E-state index is 11.8. The minimum atomic E-state index is -0.490. The fraction of sp³-hybridized carbons (Fsp3) is 0.231. The van der Waals surface area contributed by atoms with Gasteiger partial charge in [0, 0.05) is 12.5 Å². The number of nitrogens with zero attached hydrogens (tertiary/aromatic N) is 1. The Labute approximate surface area is 104 Å². The molecule has 1 atom stereocenters. The molecule has 5 heteroatoms. The van der Waals surface area contributed by atoms with Gasteiger partial charge in [0.1, 0.15) is 0 Å². The fourth-order valence-corrected chi connectivity index (χ4v) is 2.12. The lowest BCUT2D eigenvalue weighted by Gasteiger charge is -2.10. The van der Waals surface area contributed by atoms with E-state index in [1.54, 1.807) is 6.20 Å². The number of fused-ring (bicyclic) bond motifs is 3. The molecule has 18 heavy (non-hydrogen) atoms. The highest BCUT2D eigenvalue weighted by atomic mass is 16.5. The van der Waals surface area contributed by atoms with Crippen molar-refractivity contribution in [2.24, 2.45) is 0 Å². The van der Waals surface area contributed by atoms with Crippen molar-refractivity contribution >= 4 is 28.2 Å². The van der Waals surface area contributed by atoms with Crippen molar-refractivity contribution < 1.29 is 9.53 Å². The van der Waals surface area contributed by atoms with Crippen molar-refractivity contribution in [3.05, 3.63) is 30.5 Å². The van der Waals surface area contributed by atoms with Crippen molar-refractivity contribution in [2.45, 2.75) is 6.10 Å². The first-order valence-electron chi connectivity index (χ1n) is 5.75. The van der Waals surface area contributed by atoms with Gasteiger partial charge in [0.25, 0.3) is 5.91 Å². The van der Waals surface area contributed by atoms with Gasteiger partial charge < -0.3 is 15.4 Å². The highest BCUT2D eigenvalue weighted by Gasteiger charge is 2.24. The molecule has 1 aliphatic rings. The third kappa shape index (κ3) is 1.69. The van der Waals surface area contributed by atoms with Gasteiger partial charge >= 0.3 is 0 Å². The van der Waals surface area contributed by atoms with Crippen LogP contribution in [0, 0.1) is 0 Å². The summed E-state index contributed by atoms with van der Waals surface area (Å²) in [6.45, 7) is 0.448. The molecular weight excluding hydrogens is 230 g/mol. The van der Waals surface area contributed by atoms with Crippen LogP contribution in [0.2, 0.25) is 0 Å². The van der Waals surface area contributed by atoms with E-state index >= 15 is 0 Å². The Morgan fingerprint density at radius 1 is 1.39 bits per heavy atom. The number of hydrogen-bond donors (Lipinski definition) is 2. The molecule has 0 bridgehead atoms. The van der Waals surface area contributed by atoms with E-state index in [2.05, 4.69) is 15.6 Å². The Balaban J connectivity index is 2.13. The van der Waals surface area contributed by atoms with E-state index in [1.165, 1.54) is 7.11 Å². The quantitative estimate of drug-likeness (QED) is 0.798. The van der Waals surface area contributed by atoms with Gasteiger partial charge in [-0.15, -0.1) is 0 Å². The summed E-state index contributed by atoms with van der Waals surface area (Å²) in [4.78, 5) is 16.2. The van der Waals surface area contributed by atoms with Crippen molar-refractivity contribution in [3.63, 3.8) is 0 Å². The Hall–Kier alpha value is -2.14. The molecule has 3 rings (SSSR count). The number of carbonyl (C=O) groups excluding carboxylic acids is 1. The molecule has 5 nitrogen and oxygen atoms in total. The van der Waals surface area contributed by atoms with Gasteiger partial charge in [0.2, 0.25) is 0 Å². The molecule has 92 valence electrons. The van der Waals surface area contributed by atoms with Crippen LogP contribution in [0.5, 0.6) is 0 Å². The second-order valence-electron chi connectivity index (χ2n) is 4.16. The fourth-order valence-electron chi connectivity index (χ4n) is 2.12. The van der Waals surface area contributed by atoms with Gasteiger partial charge in [-0.25, -0.2) is 0 Å². The van der Waals surface area contributed by atoms with Crippen LogP contribution in [0.15, 0.2) is 30.5 Å². The first kappa shape index (κ1) is 11.0. The van der Waals surface area contributed by atoms with Crippen LogP contribution in [-0.4, -0.2) is 30.6 Å². The SMILES string of the molecule is COC1CNc2c(cnc3ccccc23)NC1=O. The van der Waals surface area contributed by atoms with Gasteiger partial charge in [0.05, 0.1) is 29.6 Å². The van der Waals surface area contributed by atoms with Crippen LogP contribution < -0.4 is 10.6 Å². The lowest BCUT2D eigenvalue weighted by Crippen LogP contribution is -2.32. The molecule has 1 unspecified atom stereocenters. The molecule has 0 fully saturated rings. The number of para-hydroxylation sites is 1. The molecule has 1 aliphatic heterocycles. The van der Waals surface area contributed by atoms with Crippen LogP contribution in [0.4, 0.5) is 11.4 Å². The lowest BCUT2D eigenvalue weighted by molar-refractivity contribution is -0.124. The molecule has 0 spiro atoms. The smallest absolute Gasteiger partial charge is 0.255 e. The van der Waals surface area contributed by atoms with Gasteiger partial charge in [-0.2, -0.15) is 0 Å². The molecular formula is C13H13N3O2. The standard InChI is InChI=1S/C13H13N3O2/c1-18-11-7-15-12-8-4-2-3-5-9(8)14-6-10(12)16-13(11)17/h2-6,11,15H,7H2,1H3,(H,16,17). The second kappa shape index (κ2) is 4.27. The van der Waals surface area contributed by atoms with Crippen LogP contribution >= 0.6 is 0 Å². The van der Waals surface area contributed by atoms with Crippen LogP contribution in [0.1, 0.15) is 0 Å². The van der Waals surface area contributed by atoms with E-state index < -0.39 is 6.10 Å². The summed E-state index contributed by atoms with van der Waals surface area (Å²) in [6, 6.07) is 7.81. The zero-order valence-electron chi connectivity index (χ0n) is 9.93. The number of methoxy groups -OCH3 is 1. The van der Waals surface area contributed by atoms with Crippen LogP contribution in [-0.2, 0) is 9.53 Å². The van der Waals surface area contributed by atoms with Crippen molar-refractivity contribution in [2.75, 3.05) is 24.3 Å². The Morgan fingerprint density at radius 2 is 2.22 bits per heavy atom. The van der Waals surface area contributed by atoms with Gasteiger partial charge in [-0.3, -0.25) is 9.78 Å². The van der Waals surface area contributed by atoms with E-state index in [0.29, 0.717) is 12.2 Å². The lowest BCUT2D eigenvalue weighted by atomic mass is 10.1. The number of aromatic nitrogens is 1. The van der Waals surface area contributed by atoms with E-state index in [0.717, 1.165) is 16.6 Å². The summed E-state index contributed by atoms with van der Waals surface area (Å²) in [5.74, 6) is -0.152. The summed E-state index contributed by atoms with van der Waals surface area (Å²) < 4.78 is 5.13. The molecule has 1 aromatic carbocycles. The number of rotatable bonds is 1. The zero-order valence-corrected chi connectivity index (χ0v) is 9.93. The van der Waals surface area contributed by atoms with Crippen molar-refractivity contribution in [3.8, 4) is 0 Å². The molecule has 2 aromatic rings. The number of anilines is 2. The molecule has 2 heterocycles. The van der Waals surface area contributed by atoms with E-state index in [9.17, 15) is 4.79 Å². The molecule has 1 amide bonds. The number of ether oxygens (including phenoxy) is 1. The third-order valence-electron chi connectivity index (χ3n) is 3.07. The number of hydrogen-bond acceptors (Lipinski definition) is 4. The minimum absolute atomic E-state index is 0.152. The number of carbonyl (C=O) groups is 1. The second-order valence-corrected chi connectivity index (χ2v) is 4.16. The predicted octanol–water partition coefficient (Wildman–Crippen LogP) is 1.61. The summed E-state index contributed by atoms with van der Waals surface area (Å²) in [5, 5.41) is 7.07. The van der Waals surface area contributed by atoms with E-state index in [4.69, 9.17) is 4.74 Å². The number of nitrogens with one attached hydrogen (secondary N) is 2. The highest BCUT2D eigenvalue weighted by molar-refractivity contribution is 6.05. The maximum Gasteiger partial charge on any atom is 0.255 e. The Morgan fingerprint density at radius 3 is 3.06 bits per heavy atom. The number of pyridine rings is 1. The predicted molar refractivity (Wildman–Crippen MR) is 69.7 cm³/mol. The molecule has 0 radical (unpaired) electrons. The number of amides is 1. The molecule has 2 N–H and O–H groups in total. The van der Waals surface area contributed by atoms with Crippen LogP contribution in [0.25, 0.3) is 10.9 Å².